The molecule has 1 unspecified atom stereocenters. The van der Waals surface area contributed by atoms with Crippen LogP contribution < -0.4 is 9.47 Å². The van der Waals surface area contributed by atoms with Gasteiger partial charge in [-0.25, -0.2) is 4.98 Å². The van der Waals surface area contributed by atoms with Gasteiger partial charge in [0.15, 0.2) is 0 Å². The van der Waals surface area contributed by atoms with Gasteiger partial charge in [-0.15, -0.1) is 0 Å². The minimum Gasteiger partial charge on any atom is -0.472 e. The number of para-hydroxylation sites is 1. The molecule has 142 valence electrons. The quantitative estimate of drug-likeness (QED) is 0.566. The largest absolute Gasteiger partial charge is 0.472 e. The molecule has 6 heteroatoms. The molecule has 1 atom stereocenters. The number of ether oxygens (including phenoxy) is 2. The summed E-state index contributed by atoms with van der Waals surface area (Å²) in [7, 11) is 0. The van der Waals surface area contributed by atoms with E-state index in [9.17, 15) is 4.79 Å². The van der Waals surface area contributed by atoms with Crippen LogP contribution in [0.2, 0.25) is 0 Å². The van der Waals surface area contributed by atoms with Crippen molar-refractivity contribution in [3.05, 3.63) is 83.0 Å². The van der Waals surface area contributed by atoms with Crippen LogP contribution in [0.4, 0.5) is 0 Å². The van der Waals surface area contributed by atoms with E-state index >= 15 is 0 Å². The van der Waals surface area contributed by atoms with Crippen molar-refractivity contribution in [2.75, 3.05) is 13.1 Å². The Hall–Kier alpha value is -2.86. The fourth-order valence-corrected chi connectivity index (χ4v) is 3.32. The molecule has 0 saturated carbocycles. The van der Waals surface area contributed by atoms with Crippen molar-refractivity contribution in [2.45, 2.75) is 12.5 Å². The first kappa shape index (κ1) is 18.5. The van der Waals surface area contributed by atoms with Crippen LogP contribution in [0.3, 0.4) is 0 Å². The topological polar surface area (TPSA) is 51.7 Å². The lowest BCUT2D eigenvalue weighted by Gasteiger charge is -2.17. The Labute approximate surface area is 172 Å². The zero-order valence-corrected chi connectivity index (χ0v) is 16.7. The maximum atomic E-state index is 12.8. The number of rotatable bonds is 5. The van der Waals surface area contributed by atoms with Crippen molar-refractivity contribution in [3.63, 3.8) is 0 Å². The summed E-state index contributed by atoms with van der Waals surface area (Å²) in [6.07, 6.45) is 2.45. The first-order valence-electron chi connectivity index (χ1n) is 9.08. The third kappa shape index (κ3) is 4.51. The fourth-order valence-electron chi connectivity index (χ4n) is 3.08. The van der Waals surface area contributed by atoms with Crippen LogP contribution in [-0.4, -0.2) is 35.0 Å². The van der Waals surface area contributed by atoms with E-state index in [1.165, 1.54) is 0 Å². The van der Waals surface area contributed by atoms with Crippen LogP contribution in [0.1, 0.15) is 16.8 Å². The highest BCUT2D eigenvalue weighted by molar-refractivity contribution is 9.10. The third-order valence-electron chi connectivity index (χ3n) is 4.50. The smallest absolute Gasteiger partial charge is 0.253 e. The van der Waals surface area contributed by atoms with Crippen molar-refractivity contribution in [1.29, 1.82) is 0 Å². The van der Waals surface area contributed by atoms with E-state index in [0.717, 1.165) is 16.6 Å². The highest BCUT2D eigenvalue weighted by Crippen LogP contribution is 2.23. The van der Waals surface area contributed by atoms with Gasteiger partial charge in [-0.3, -0.25) is 4.79 Å². The summed E-state index contributed by atoms with van der Waals surface area (Å²) in [5.74, 6) is 2.04. The van der Waals surface area contributed by atoms with Gasteiger partial charge in [0, 0.05) is 35.3 Å². The molecule has 1 aromatic heterocycles. The van der Waals surface area contributed by atoms with Gasteiger partial charge in [0.05, 0.1) is 6.54 Å². The average molecular weight is 439 g/mol. The van der Waals surface area contributed by atoms with Crippen LogP contribution >= 0.6 is 15.9 Å². The van der Waals surface area contributed by atoms with Crippen LogP contribution in [0, 0.1) is 0 Å². The number of amides is 1. The molecule has 1 aliphatic rings. The number of nitrogens with zero attached hydrogens (tertiary/aromatic N) is 2. The van der Waals surface area contributed by atoms with Crippen LogP contribution in [0.15, 0.2) is 77.4 Å². The summed E-state index contributed by atoms with van der Waals surface area (Å²) >= 11 is 3.36. The van der Waals surface area contributed by atoms with Crippen molar-refractivity contribution >= 4 is 21.8 Å². The Balaban J connectivity index is 1.34. The number of hydrogen-bond acceptors (Lipinski definition) is 4. The summed E-state index contributed by atoms with van der Waals surface area (Å²) in [6, 6.07) is 20.5. The molecule has 5 nitrogen and oxygen atoms in total. The SMILES string of the molecule is O=C(c1ccc(Oc2ccccc2)cc1)N1CCC(Oc2ccc(Br)cn2)C1. The fraction of sp³-hybridized carbons (Fsp3) is 0.182. The molecule has 1 aliphatic heterocycles. The highest BCUT2D eigenvalue weighted by atomic mass is 79.9. The predicted octanol–water partition coefficient (Wildman–Crippen LogP) is 4.93. The molecule has 1 amide bonds. The van der Waals surface area contributed by atoms with Gasteiger partial charge in [0.1, 0.15) is 17.6 Å². The minimum absolute atomic E-state index is 0.00104. The lowest BCUT2D eigenvalue weighted by atomic mass is 10.2. The van der Waals surface area contributed by atoms with Crippen LogP contribution in [-0.2, 0) is 0 Å². The van der Waals surface area contributed by atoms with E-state index in [0.29, 0.717) is 30.3 Å². The van der Waals surface area contributed by atoms with Crippen molar-refractivity contribution < 1.29 is 14.3 Å². The zero-order valence-electron chi connectivity index (χ0n) is 15.1. The van der Waals surface area contributed by atoms with Crippen molar-refractivity contribution in [3.8, 4) is 17.4 Å². The number of halogens is 1. The zero-order chi connectivity index (χ0) is 19.3. The van der Waals surface area contributed by atoms with Gasteiger partial charge in [0.25, 0.3) is 5.91 Å². The molecule has 0 spiro atoms. The molecule has 4 rings (SSSR count). The molecular weight excluding hydrogens is 420 g/mol. The van der Waals surface area contributed by atoms with E-state index in [1.807, 2.05) is 59.5 Å². The Morgan fingerprint density at radius 1 is 1.00 bits per heavy atom. The standard InChI is InChI=1S/C22H19BrN2O3/c23-17-8-11-21(24-14-17)28-20-12-13-25(15-20)22(26)16-6-9-19(10-7-16)27-18-4-2-1-3-5-18/h1-11,14,20H,12-13,15H2. The molecule has 3 aromatic rings. The number of aromatic nitrogens is 1. The highest BCUT2D eigenvalue weighted by Gasteiger charge is 2.28. The maximum absolute atomic E-state index is 12.8. The van der Waals surface area contributed by atoms with Gasteiger partial charge in [-0.05, 0) is 58.4 Å². The molecule has 1 saturated heterocycles. The number of pyridine rings is 1. The van der Waals surface area contributed by atoms with Gasteiger partial charge in [0.2, 0.25) is 5.88 Å². The second-order valence-electron chi connectivity index (χ2n) is 6.53. The molecule has 2 aromatic carbocycles. The van der Waals surface area contributed by atoms with Gasteiger partial charge < -0.3 is 14.4 Å². The van der Waals surface area contributed by atoms with E-state index in [-0.39, 0.29) is 12.0 Å². The molecule has 0 N–H and O–H groups in total. The number of carbonyl (C=O) groups is 1. The molecule has 1 fully saturated rings. The molecular formula is C22H19BrN2O3. The van der Waals surface area contributed by atoms with E-state index in [2.05, 4.69) is 20.9 Å². The molecule has 28 heavy (non-hydrogen) atoms. The number of hydrogen-bond donors (Lipinski definition) is 0. The van der Waals surface area contributed by atoms with Gasteiger partial charge in [-0.1, -0.05) is 18.2 Å². The first-order valence-corrected chi connectivity index (χ1v) is 9.87. The van der Waals surface area contributed by atoms with Crippen LogP contribution in [0.5, 0.6) is 17.4 Å². The number of benzene rings is 2. The Morgan fingerprint density at radius 2 is 1.75 bits per heavy atom. The molecule has 0 aliphatic carbocycles. The Kier molecular flexibility index (Phi) is 5.58. The summed E-state index contributed by atoms with van der Waals surface area (Å²) in [6.45, 7) is 1.22. The number of carbonyl (C=O) groups excluding carboxylic acids is 1. The normalized spacial score (nSPS) is 16.0. The lowest BCUT2D eigenvalue weighted by Crippen LogP contribution is -2.31. The summed E-state index contributed by atoms with van der Waals surface area (Å²) in [5.41, 5.74) is 0.642. The summed E-state index contributed by atoms with van der Waals surface area (Å²) in [4.78, 5) is 18.8. The molecule has 0 radical (unpaired) electrons. The predicted molar refractivity (Wildman–Crippen MR) is 110 cm³/mol. The molecule has 0 bridgehead atoms. The molecule has 2 heterocycles. The maximum Gasteiger partial charge on any atom is 0.253 e. The minimum atomic E-state index is -0.0432. The van der Waals surface area contributed by atoms with E-state index in [1.54, 1.807) is 18.3 Å². The monoisotopic (exact) mass is 438 g/mol. The van der Waals surface area contributed by atoms with Gasteiger partial charge >= 0.3 is 0 Å². The van der Waals surface area contributed by atoms with Crippen LogP contribution in [0.25, 0.3) is 0 Å². The van der Waals surface area contributed by atoms with Crippen molar-refractivity contribution in [2.24, 2.45) is 0 Å². The van der Waals surface area contributed by atoms with E-state index in [4.69, 9.17) is 9.47 Å². The van der Waals surface area contributed by atoms with Crippen molar-refractivity contribution in [1.82, 2.24) is 9.88 Å². The number of likely N-dealkylation sites (tertiary alicyclic amines) is 1. The Morgan fingerprint density at radius 3 is 2.46 bits per heavy atom. The average Bonchev–Trinajstić information content (AvgIpc) is 3.19. The second-order valence-corrected chi connectivity index (χ2v) is 7.45. The Bertz CT molecular complexity index is 930. The third-order valence-corrected chi connectivity index (χ3v) is 4.97. The van der Waals surface area contributed by atoms with E-state index < -0.39 is 0 Å². The second kappa shape index (κ2) is 8.44. The lowest BCUT2D eigenvalue weighted by molar-refractivity contribution is 0.0771. The van der Waals surface area contributed by atoms with Gasteiger partial charge in [-0.2, -0.15) is 0 Å². The first-order chi connectivity index (χ1) is 13.7. The summed E-state index contributed by atoms with van der Waals surface area (Å²) < 4.78 is 12.6. The summed E-state index contributed by atoms with van der Waals surface area (Å²) in [5, 5.41) is 0.